The summed E-state index contributed by atoms with van der Waals surface area (Å²) < 4.78 is 0. The fourth-order valence-electron chi connectivity index (χ4n) is 5.23. The van der Waals surface area contributed by atoms with Crippen molar-refractivity contribution in [3.05, 3.63) is 35.9 Å². The Morgan fingerprint density at radius 2 is 1.73 bits per heavy atom. The molecule has 2 aliphatic heterocycles. The summed E-state index contributed by atoms with van der Waals surface area (Å²) in [6.07, 6.45) is 9.04. The number of carbonyl (C=O) groups is 3. The van der Waals surface area contributed by atoms with E-state index in [0.29, 0.717) is 5.92 Å². The summed E-state index contributed by atoms with van der Waals surface area (Å²) in [5.41, 5.74) is 0.676. The summed E-state index contributed by atoms with van der Waals surface area (Å²) in [5, 5.41) is 2.92. The second-order valence-corrected chi connectivity index (χ2v) is 9.13. The molecule has 4 rings (SSSR count). The number of hydrogen-bond donors (Lipinski definition) is 1. The van der Waals surface area contributed by atoms with Crippen molar-refractivity contribution in [2.24, 2.45) is 5.92 Å². The quantitative estimate of drug-likeness (QED) is 0.729. The number of rotatable bonds is 6. The smallest absolute Gasteiger partial charge is 0.325 e. The maximum absolute atomic E-state index is 12.8. The van der Waals surface area contributed by atoms with Crippen LogP contribution >= 0.6 is 0 Å². The van der Waals surface area contributed by atoms with Crippen LogP contribution in [-0.4, -0.2) is 52.8 Å². The maximum Gasteiger partial charge on any atom is 0.325 e. The third-order valence-electron chi connectivity index (χ3n) is 7.15. The van der Waals surface area contributed by atoms with E-state index >= 15 is 0 Å². The number of imide groups is 1. The third kappa shape index (κ3) is 4.52. The highest BCUT2D eigenvalue weighted by Gasteiger charge is 2.51. The third-order valence-corrected chi connectivity index (χ3v) is 7.15. The van der Waals surface area contributed by atoms with Crippen LogP contribution in [0.5, 0.6) is 0 Å². The lowest BCUT2D eigenvalue weighted by Crippen LogP contribution is -2.48. The molecule has 6 heteroatoms. The summed E-state index contributed by atoms with van der Waals surface area (Å²) in [5.74, 6) is 0.590. The lowest BCUT2D eigenvalue weighted by molar-refractivity contribution is -0.135. The first-order chi connectivity index (χ1) is 14.6. The van der Waals surface area contributed by atoms with E-state index in [4.69, 9.17) is 0 Å². The van der Waals surface area contributed by atoms with Gasteiger partial charge >= 0.3 is 6.03 Å². The van der Waals surface area contributed by atoms with Gasteiger partial charge in [-0.2, -0.15) is 0 Å². The van der Waals surface area contributed by atoms with Crippen molar-refractivity contribution < 1.29 is 14.4 Å². The molecule has 0 unspecified atom stereocenters. The summed E-state index contributed by atoms with van der Waals surface area (Å²) in [7, 11) is 0. The topological polar surface area (TPSA) is 69.7 Å². The van der Waals surface area contributed by atoms with Gasteiger partial charge in [-0.3, -0.25) is 14.5 Å². The van der Waals surface area contributed by atoms with E-state index in [9.17, 15) is 14.4 Å². The van der Waals surface area contributed by atoms with Crippen LogP contribution in [0.2, 0.25) is 0 Å². The number of nitrogens with zero attached hydrogens (tertiary/aromatic N) is 2. The first-order valence-corrected chi connectivity index (χ1v) is 11.5. The van der Waals surface area contributed by atoms with Gasteiger partial charge in [0.2, 0.25) is 5.91 Å². The number of benzene rings is 1. The Morgan fingerprint density at radius 3 is 2.43 bits per heavy atom. The van der Waals surface area contributed by atoms with Crippen LogP contribution < -0.4 is 5.32 Å². The molecule has 4 amide bonds. The van der Waals surface area contributed by atoms with Crippen molar-refractivity contribution >= 4 is 17.8 Å². The SMILES string of the molecule is O=C(CCN1C(=O)NC2(CCCCC2)C1=O)N1CCC(CCc2ccccc2)CC1. The number of likely N-dealkylation sites (tertiary alicyclic amines) is 1. The Bertz CT molecular complexity index is 765. The van der Waals surface area contributed by atoms with Gasteiger partial charge in [-0.25, -0.2) is 4.79 Å². The molecule has 0 atom stereocenters. The summed E-state index contributed by atoms with van der Waals surface area (Å²) in [6.45, 7) is 1.75. The van der Waals surface area contributed by atoms with Gasteiger partial charge in [-0.05, 0) is 50.0 Å². The standard InChI is InChI=1S/C24H33N3O3/c28-21(13-18-27-22(29)24(25-23(27)30)14-5-2-6-15-24)26-16-11-20(12-17-26)10-9-19-7-3-1-4-8-19/h1,3-4,7-8,20H,2,5-6,9-18H2,(H,25,30). The molecule has 1 saturated carbocycles. The number of nitrogens with one attached hydrogen (secondary N) is 1. The van der Waals surface area contributed by atoms with Gasteiger partial charge in [0.1, 0.15) is 5.54 Å². The number of piperidine rings is 1. The highest BCUT2D eigenvalue weighted by atomic mass is 16.2. The minimum absolute atomic E-state index is 0.0571. The minimum atomic E-state index is -0.699. The molecular weight excluding hydrogens is 378 g/mol. The van der Waals surface area contributed by atoms with Crippen LogP contribution in [-0.2, 0) is 16.0 Å². The molecule has 30 heavy (non-hydrogen) atoms. The maximum atomic E-state index is 12.8. The van der Waals surface area contributed by atoms with Crippen LogP contribution in [0, 0.1) is 5.92 Å². The summed E-state index contributed by atoms with van der Waals surface area (Å²) >= 11 is 0. The van der Waals surface area contributed by atoms with Gasteiger partial charge in [0.15, 0.2) is 0 Å². The van der Waals surface area contributed by atoms with Gasteiger partial charge in [0.05, 0.1) is 0 Å². The number of carbonyl (C=O) groups excluding carboxylic acids is 3. The normalized spacial score (nSPS) is 21.9. The Morgan fingerprint density at radius 1 is 1.03 bits per heavy atom. The fraction of sp³-hybridized carbons (Fsp3) is 0.625. The molecule has 0 aromatic heterocycles. The van der Waals surface area contributed by atoms with Crippen molar-refractivity contribution in [2.45, 2.75) is 69.7 Å². The van der Waals surface area contributed by atoms with Gasteiger partial charge in [-0.1, -0.05) is 49.6 Å². The Kier molecular flexibility index (Phi) is 6.40. The largest absolute Gasteiger partial charge is 0.343 e. The monoisotopic (exact) mass is 411 g/mol. The van der Waals surface area contributed by atoms with Gasteiger partial charge in [0, 0.05) is 26.1 Å². The first kappa shape index (κ1) is 20.9. The second kappa shape index (κ2) is 9.19. The van der Waals surface area contributed by atoms with E-state index in [2.05, 4.69) is 29.6 Å². The molecule has 1 aliphatic carbocycles. The molecule has 2 saturated heterocycles. The van der Waals surface area contributed by atoms with E-state index in [-0.39, 0.29) is 30.8 Å². The second-order valence-electron chi connectivity index (χ2n) is 9.13. The van der Waals surface area contributed by atoms with Crippen molar-refractivity contribution in [3.63, 3.8) is 0 Å². The number of urea groups is 1. The molecule has 1 aromatic rings. The van der Waals surface area contributed by atoms with E-state index in [1.807, 2.05) is 11.0 Å². The lowest BCUT2D eigenvalue weighted by atomic mass is 9.82. The Labute approximate surface area is 179 Å². The number of aryl methyl sites for hydroxylation is 1. The van der Waals surface area contributed by atoms with Crippen LogP contribution in [0.1, 0.15) is 63.4 Å². The lowest BCUT2D eigenvalue weighted by Gasteiger charge is -2.32. The highest BCUT2D eigenvalue weighted by molar-refractivity contribution is 6.07. The Hall–Kier alpha value is -2.37. The summed E-state index contributed by atoms with van der Waals surface area (Å²) in [4.78, 5) is 41.0. The minimum Gasteiger partial charge on any atom is -0.343 e. The van der Waals surface area contributed by atoms with Crippen LogP contribution in [0.3, 0.4) is 0 Å². The van der Waals surface area contributed by atoms with Crippen molar-refractivity contribution in [1.29, 1.82) is 0 Å². The Balaban J connectivity index is 1.21. The average molecular weight is 412 g/mol. The summed E-state index contributed by atoms with van der Waals surface area (Å²) in [6, 6.07) is 10.2. The number of amides is 4. The molecule has 162 valence electrons. The zero-order valence-corrected chi connectivity index (χ0v) is 17.8. The zero-order valence-electron chi connectivity index (χ0n) is 17.8. The fourth-order valence-corrected chi connectivity index (χ4v) is 5.23. The van der Waals surface area contributed by atoms with Crippen molar-refractivity contribution in [2.75, 3.05) is 19.6 Å². The van der Waals surface area contributed by atoms with E-state index in [0.717, 1.165) is 70.9 Å². The molecule has 6 nitrogen and oxygen atoms in total. The highest BCUT2D eigenvalue weighted by Crippen LogP contribution is 2.33. The van der Waals surface area contributed by atoms with E-state index in [1.165, 1.54) is 10.5 Å². The van der Waals surface area contributed by atoms with Crippen molar-refractivity contribution in [1.82, 2.24) is 15.1 Å². The number of hydrogen-bond acceptors (Lipinski definition) is 3. The van der Waals surface area contributed by atoms with E-state index in [1.54, 1.807) is 0 Å². The molecule has 1 aromatic carbocycles. The molecule has 1 N–H and O–H groups in total. The average Bonchev–Trinajstić information content (AvgIpc) is 3.00. The molecular formula is C24H33N3O3. The van der Waals surface area contributed by atoms with Crippen LogP contribution in [0.4, 0.5) is 4.79 Å². The molecule has 0 radical (unpaired) electrons. The molecule has 0 bridgehead atoms. The first-order valence-electron chi connectivity index (χ1n) is 11.5. The predicted octanol–water partition coefficient (Wildman–Crippen LogP) is 3.50. The molecule has 1 spiro atoms. The molecule has 2 heterocycles. The van der Waals surface area contributed by atoms with Gasteiger partial charge in [-0.15, -0.1) is 0 Å². The zero-order chi connectivity index (χ0) is 21.0. The molecule has 3 aliphatic rings. The van der Waals surface area contributed by atoms with Gasteiger partial charge < -0.3 is 10.2 Å². The van der Waals surface area contributed by atoms with Crippen molar-refractivity contribution in [3.8, 4) is 0 Å². The van der Waals surface area contributed by atoms with Crippen LogP contribution in [0.25, 0.3) is 0 Å². The molecule has 3 fully saturated rings. The van der Waals surface area contributed by atoms with Crippen LogP contribution in [0.15, 0.2) is 30.3 Å². The predicted molar refractivity (Wildman–Crippen MR) is 115 cm³/mol. The van der Waals surface area contributed by atoms with E-state index < -0.39 is 5.54 Å². The van der Waals surface area contributed by atoms with Gasteiger partial charge in [0.25, 0.3) is 5.91 Å².